The molecule has 5 nitrogen and oxygen atoms in total. The number of aromatic nitrogens is 2. The molecule has 0 aliphatic heterocycles. The third-order valence-corrected chi connectivity index (χ3v) is 5.15. The van der Waals surface area contributed by atoms with Crippen molar-refractivity contribution in [1.82, 2.24) is 9.97 Å². The molecular weight excluding hydrogens is 382 g/mol. The first-order valence-corrected chi connectivity index (χ1v) is 10.1. The van der Waals surface area contributed by atoms with Gasteiger partial charge in [0.2, 0.25) is 0 Å². The average Bonchev–Trinajstić information content (AvgIpc) is 3.26. The fourth-order valence-electron chi connectivity index (χ4n) is 2.92. The van der Waals surface area contributed by atoms with E-state index < -0.39 is 0 Å². The van der Waals surface area contributed by atoms with Gasteiger partial charge in [0.25, 0.3) is 5.91 Å². The normalized spacial score (nSPS) is 10.5. The SMILES string of the molecule is CCOc1ccccc1C(=O)Nc1cccc(-c2csc(-c3cccnc3)n2)c1. The van der Waals surface area contributed by atoms with Crippen molar-refractivity contribution in [2.45, 2.75) is 6.92 Å². The van der Waals surface area contributed by atoms with Crippen molar-refractivity contribution in [3.05, 3.63) is 84.0 Å². The Morgan fingerprint density at radius 3 is 2.76 bits per heavy atom. The van der Waals surface area contributed by atoms with Gasteiger partial charge in [0.15, 0.2) is 0 Å². The summed E-state index contributed by atoms with van der Waals surface area (Å²) in [5.74, 6) is 0.366. The van der Waals surface area contributed by atoms with Gasteiger partial charge >= 0.3 is 0 Å². The minimum absolute atomic E-state index is 0.208. The highest BCUT2D eigenvalue weighted by Gasteiger charge is 2.13. The van der Waals surface area contributed by atoms with E-state index in [0.29, 0.717) is 23.6 Å². The summed E-state index contributed by atoms with van der Waals surface area (Å²) in [7, 11) is 0. The van der Waals surface area contributed by atoms with Crippen molar-refractivity contribution in [3.63, 3.8) is 0 Å². The van der Waals surface area contributed by atoms with Gasteiger partial charge in [-0.2, -0.15) is 0 Å². The molecule has 1 amide bonds. The van der Waals surface area contributed by atoms with Crippen LogP contribution < -0.4 is 10.1 Å². The first kappa shape index (κ1) is 18.8. The molecule has 0 radical (unpaired) electrons. The van der Waals surface area contributed by atoms with Crippen LogP contribution in [0.15, 0.2) is 78.4 Å². The Bertz CT molecular complexity index is 1130. The van der Waals surface area contributed by atoms with Crippen molar-refractivity contribution in [1.29, 1.82) is 0 Å². The number of carbonyl (C=O) groups excluding carboxylic acids is 1. The summed E-state index contributed by atoms with van der Waals surface area (Å²) >= 11 is 1.57. The minimum atomic E-state index is -0.208. The van der Waals surface area contributed by atoms with Crippen LogP contribution in [0, 0.1) is 0 Å². The van der Waals surface area contributed by atoms with Gasteiger partial charge in [0, 0.05) is 34.6 Å². The fraction of sp³-hybridized carbons (Fsp3) is 0.0870. The summed E-state index contributed by atoms with van der Waals surface area (Å²) in [5, 5.41) is 5.87. The highest BCUT2D eigenvalue weighted by molar-refractivity contribution is 7.13. The zero-order valence-corrected chi connectivity index (χ0v) is 16.6. The molecule has 0 aliphatic carbocycles. The molecule has 0 bridgehead atoms. The molecule has 0 aliphatic rings. The molecule has 0 spiro atoms. The highest BCUT2D eigenvalue weighted by atomic mass is 32.1. The first-order valence-electron chi connectivity index (χ1n) is 9.24. The van der Waals surface area contributed by atoms with Crippen LogP contribution in [-0.2, 0) is 0 Å². The molecule has 29 heavy (non-hydrogen) atoms. The van der Waals surface area contributed by atoms with Crippen molar-refractivity contribution in [2.75, 3.05) is 11.9 Å². The number of benzene rings is 2. The van der Waals surface area contributed by atoms with E-state index in [0.717, 1.165) is 21.8 Å². The Hall–Kier alpha value is -3.51. The van der Waals surface area contributed by atoms with E-state index >= 15 is 0 Å². The molecule has 0 saturated heterocycles. The standard InChI is InChI=1S/C23H19N3O2S/c1-2-28-21-11-4-3-10-19(21)22(27)25-18-9-5-7-16(13-18)20-15-29-23(26-20)17-8-6-12-24-14-17/h3-15H,2H2,1H3,(H,25,27). The number of hydrogen-bond acceptors (Lipinski definition) is 5. The number of rotatable bonds is 6. The number of para-hydroxylation sites is 1. The summed E-state index contributed by atoms with van der Waals surface area (Å²) in [4.78, 5) is 21.6. The van der Waals surface area contributed by atoms with Crippen molar-refractivity contribution in [3.8, 4) is 27.6 Å². The second-order valence-electron chi connectivity index (χ2n) is 6.24. The lowest BCUT2D eigenvalue weighted by Crippen LogP contribution is -2.13. The van der Waals surface area contributed by atoms with Crippen molar-refractivity contribution >= 4 is 22.9 Å². The fourth-order valence-corrected chi connectivity index (χ4v) is 3.74. The monoisotopic (exact) mass is 401 g/mol. The molecule has 0 unspecified atom stereocenters. The molecule has 1 N–H and O–H groups in total. The van der Waals surface area contributed by atoms with Gasteiger partial charge in [-0.15, -0.1) is 11.3 Å². The molecule has 144 valence electrons. The van der Waals surface area contributed by atoms with Crippen LogP contribution in [0.2, 0.25) is 0 Å². The van der Waals surface area contributed by atoms with E-state index in [2.05, 4.69) is 10.3 Å². The molecule has 2 aromatic heterocycles. The van der Waals surface area contributed by atoms with Crippen molar-refractivity contribution in [2.24, 2.45) is 0 Å². The Balaban J connectivity index is 1.56. The van der Waals surface area contributed by atoms with E-state index in [4.69, 9.17) is 9.72 Å². The van der Waals surface area contributed by atoms with Crippen LogP contribution in [0.3, 0.4) is 0 Å². The highest BCUT2D eigenvalue weighted by Crippen LogP contribution is 2.30. The van der Waals surface area contributed by atoms with E-state index in [9.17, 15) is 4.79 Å². The number of anilines is 1. The lowest BCUT2D eigenvalue weighted by molar-refractivity contribution is 0.102. The molecule has 4 aromatic rings. The summed E-state index contributed by atoms with van der Waals surface area (Å²) in [6.45, 7) is 2.40. The predicted molar refractivity (Wildman–Crippen MR) is 116 cm³/mol. The van der Waals surface area contributed by atoms with Gasteiger partial charge in [-0.3, -0.25) is 9.78 Å². The zero-order chi connectivity index (χ0) is 20.1. The number of thiazole rings is 1. The average molecular weight is 401 g/mol. The maximum atomic E-state index is 12.7. The van der Waals surface area contributed by atoms with Gasteiger partial charge < -0.3 is 10.1 Å². The maximum absolute atomic E-state index is 12.7. The molecule has 2 heterocycles. The number of nitrogens with zero attached hydrogens (tertiary/aromatic N) is 2. The second kappa shape index (κ2) is 8.67. The molecule has 4 rings (SSSR count). The van der Waals surface area contributed by atoms with Crippen LogP contribution in [0.1, 0.15) is 17.3 Å². The number of pyridine rings is 1. The van der Waals surface area contributed by atoms with E-state index in [-0.39, 0.29) is 5.91 Å². The smallest absolute Gasteiger partial charge is 0.259 e. The molecule has 0 atom stereocenters. The van der Waals surface area contributed by atoms with Crippen LogP contribution in [0.4, 0.5) is 5.69 Å². The van der Waals surface area contributed by atoms with Crippen LogP contribution >= 0.6 is 11.3 Å². The number of nitrogens with one attached hydrogen (secondary N) is 1. The second-order valence-corrected chi connectivity index (χ2v) is 7.10. The molecule has 0 fully saturated rings. The number of carbonyl (C=O) groups is 1. The van der Waals surface area contributed by atoms with E-state index in [1.54, 1.807) is 35.9 Å². The predicted octanol–water partition coefficient (Wildman–Crippen LogP) is 5.52. The van der Waals surface area contributed by atoms with E-state index in [1.165, 1.54) is 0 Å². The summed E-state index contributed by atoms with van der Waals surface area (Å²) in [6.07, 6.45) is 3.54. The van der Waals surface area contributed by atoms with Crippen LogP contribution in [0.5, 0.6) is 5.75 Å². The third-order valence-electron chi connectivity index (χ3n) is 4.26. The summed E-state index contributed by atoms with van der Waals surface area (Å²) < 4.78 is 5.56. The summed E-state index contributed by atoms with van der Waals surface area (Å²) in [5.41, 5.74) is 4.00. The number of ether oxygens (including phenoxy) is 1. The molecule has 6 heteroatoms. The van der Waals surface area contributed by atoms with Gasteiger partial charge in [0.05, 0.1) is 17.9 Å². The molecule has 2 aromatic carbocycles. The molecular formula is C23H19N3O2S. The van der Waals surface area contributed by atoms with Gasteiger partial charge in [0.1, 0.15) is 10.8 Å². The van der Waals surface area contributed by atoms with Gasteiger partial charge in [-0.1, -0.05) is 24.3 Å². The topological polar surface area (TPSA) is 64.1 Å². The van der Waals surface area contributed by atoms with Gasteiger partial charge in [-0.05, 0) is 43.3 Å². The van der Waals surface area contributed by atoms with Crippen LogP contribution in [0.25, 0.3) is 21.8 Å². The largest absolute Gasteiger partial charge is 0.493 e. The lowest BCUT2D eigenvalue weighted by Gasteiger charge is -2.11. The Morgan fingerprint density at radius 2 is 1.93 bits per heavy atom. The van der Waals surface area contributed by atoms with E-state index in [1.807, 2.05) is 60.8 Å². The van der Waals surface area contributed by atoms with Crippen LogP contribution in [-0.4, -0.2) is 22.5 Å². The van der Waals surface area contributed by atoms with Crippen molar-refractivity contribution < 1.29 is 9.53 Å². The Labute approximate surface area is 173 Å². The Kier molecular flexibility index (Phi) is 5.63. The van der Waals surface area contributed by atoms with Gasteiger partial charge in [-0.25, -0.2) is 4.98 Å². The quantitative estimate of drug-likeness (QED) is 0.462. The third kappa shape index (κ3) is 4.33. The molecule has 0 saturated carbocycles. The minimum Gasteiger partial charge on any atom is -0.493 e. The maximum Gasteiger partial charge on any atom is 0.259 e. The number of hydrogen-bond donors (Lipinski definition) is 1. The lowest BCUT2D eigenvalue weighted by atomic mass is 10.1. The summed E-state index contributed by atoms with van der Waals surface area (Å²) in [6, 6.07) is 18.8. The Morgan fingerprint density at radius 1 is 1.07 bits per heavy atom. The first-order chi connectivity index (χ1) is 14.2. The zero-order valence-electron chi connectivity index (χ0n) is 15.8. The number of amides is 1.